The molecule has 0 unspecified atom stereocenters. The molecule has 0 aromatic heterocycles. The number of nitrogens with zero attached hydrogens (tertiary/aromatic N) is 1. The number of fused-ring (bicyclic) bond motifs is 1. The summed E-state index contributed by atoms with van der Waals surface area (Å²) in [5, 5.41) is 2.90. The van der Waals surface area contributed by atoms with E-state index in [4.69, 9.17) is 9.47 Å². The lowest BCUT2D eigenvalue weighted by Crippen LogP contribution is -2.58. The van der Waals surface area contributed by atoms with Crippen LogP contribution >= 0.6 is 0 Å². The maximum atomic E-state index is 13.7. The van der Waals surface area contributed by atoms with Gasteiger partial charge in [0, 0.05) is 6.54 Å². The Morgan fingerprint density at radius 2 is 2.00 bits per heavy atom. The second-order valence-corrected chi connectivity index (χ2v) is 7.10. The van der Waals surface area contributed by atoms with Gasteiger partial charge >= 0.3 is 0 Å². The third-order valence-electron chi connectivity index (χ3n) is 5.11. The fourth-order valence-corrected chi connectivity index (χ4v) is 3.68. The van der Waals surface area contributed by atoms with Crippen molar-refractivity contribution in [1.82, 2.24) is 10.2 Å². The van der Waals surface area contributed by atoms with Crippen LogP contribution < -0.4 is 14.8 Å². The molecule has 1 saturated heterocycles. The van der Waals surface area contributed by atoms with Gasteiger partial charge in [-0.1, -0.05) is 24.3 Å². The monoisotopic (exact) mass is 384 g/mol. The van der Waals surface area contributed by atoms with E-state index in [1.165, 1.54) is 12.1 Å². The predicted molar refractivity (Wildman–Crippen MR) is 99.8 cm³/mol. The minimum absolute atomic E-state index is 0.0504. The lowest BCUT2D eigenvalue weighted by Gasteiger charge is -2.42. The second kappa shape index (κ2) is 7.50. The van der Waals surface area contributed by atoms with Crippen molar-refractivity contribution in [2.75, 3.05) is 26.2 Å². The standard InChI is InChI=1S/C21H21FN2O4/c22-16-7-2-4-9-18(16)27-12-19(25)24-11-5-10-21(14-24)13-23-20(26)15-6-1-3-8-17(15)28-21/h1-4,6-9H,5,10-14H2,(H,23,26)/t21-/m1/s1. The predicted octanol–water partition coefficient (Wildman–Crippen LogP) is 2.39. The van der Waals surface area contributed by atoms with Crippen LogP contribution in [0.2, 0.25) is 0 Å². The zero-order valence-electron chi connectivity index (χ0n) is 15.3. The second-order valence-electron chi connectivity index (χ2n) is 7.10. The average Bonchev–Trinajstić information content (AvgIpc) is 2.84. The first kappa shape index (κ1) is 18.3. The van der Waals surface area contributed by atoms with Crippen LogP contribution in [-0.4, -0.2) is 48.6 Å². The molecule has 4 rings (SSSR count). The number of halogens is 1. The number of nitrogens with one attached hydrogen (secondary N) is 1. The van der Waals surface area contributed by atoms with Crippen molar-refractivity contribution >= 4 is 11.8 Å². The summed E-state index contributed by atoms with van der Waals surface area (Å²) in [4.78, 5) is 26.6. The van der Waals surface area contributed by atoms with Gasteiger partial charge in [-0.25, -0.2) is 4.39 Å². The Morgan fingerprint density at radius 1 is 1.21 bits per heavy atom. The van der Waals surface area contributed by atoms with Crippen molar-refractivity contribution in [2.45, 2.75) is 18.4 Å². The van der Waals surface area contributed by atoms with E-state index >= 15 is 0 Å². The van der Waals surface area contributed by atoms with Gasteiger partial charge in [0.2, 0.25) is 0 Å². The quantitative estimate of drug-likeness (QED) is 0.882. The van der Waals surface area contributed by atoms with Crippen molar-refractivity contribution in [1.29, 1.82) is 0 Å². The molecule has 0 bridgehead atoms. The lowest BCUT2D eigenvalue weighted by molar-refractivity contribution is -0.138. The minimum Gasteiger partial charge on any atom is -0.483 e. The van der Waals surface area contributed by atoms with Crippen molar-refractivity contribution in [2.24, 2.45) is 0 Å². The van der Waals surface area contributed by atoms with Gasteiger partial charge in [0.15, 0.2) is 18.2 Å². The van der Waals surface area contributed by atoms with Gasteiger partial charge in [0.1, 0.15) is 11.4 Å². The zero-order valence-corrected chi connectivity index (χ0v) is 15.3. The first-order valence-corrected chi connectivity index (χ1v) is 9.28. The molecule has 2 aromatic carbocycles. The van der Waals surface area contributed by atoms with Gasteiger partial charge in [-0.05, 0) is 37.1 Å². The Morgan fingerprint density at radius 3 is 2.86 bits per heavy atom. The smallest absolute Gasteiger partial charge is 0.260 e. The molecule has 2 amide bonds. The highest BCUT2D eigenvalue weighted by molar-refractivity contribution is 5.97. The summed E-state index contributed by atoms with van der Waals surface area (Å²) in [6, 6.07) is 13.1. The molecule has 0 saturated carbocycles. The Hall–Kier alpha value is -3.09. The number of piperidine rings is 1. The molecule has 28 heavy (non-hydrogen) atoms. The summed E-state index contributed by atoms with van der Waals surface area (Å²) in [6.45, 7) is 0.972. The average molecular weight is 384 g/mol. The summed E-state index contributed by atoms with van der Waals surface area (Å²) in [5.41, 5.74) is -0.195. The van der Waals surface area contributed by atoms with Crippen LogP contribution in [0.4, 0.5) is 4.39 Å². The number of carbonyl (C=O) groups is 2. The van der Waals surface area contributed by atoms with Gasteiger partial charge < -0.3 is 19.7 Å². The molecule has 1 atom stereocenters. The Labute approximate surface area is 162 Å². The summed E-state index contributed by atoms with van der Waals surface area (Å²) < 4.78 is 25.3. The molecule has 2 aliphatic rings. The van der Waals surface area contributed by atoms with Gasteiger partial charge in [-0.2, -0.15) is 0 Å². The molecular weight excluding hydrogens is 363 g/mol. The minimum atomic E-state index is -0.686. The first-order valence-electron chi connectivity index (χ1n) is 9.28. The number of likely N-dealkylation sites (tertiary alicyclic amines) is 1. The number of ether oxygens (including phenoxy) is 2. The Kier molecular flexibility index (Phi) is 4.90. The van der Waals surface area contributed by atoms with E-state index in [9.17, 15) is 14.0 Å². The first-order chi connectivity index (χ1) is 13.6. The molecular formula is C21H21FN2O4. The SMILES string of the molecule is O=C1NC[C@@]2(CCCN(C(=O)COc3ccccc3F)C2)Oc2ccccc21. The molecule has 6 nitrogen and oxygen atoms in total. The van der Waals surface area contributed by atoms with Crippen LogP contribution in [0.15, 0.2) is 48.5 Å². The summed E-state index contributed by atoms with van der Waals surface area (Å²) >= 11 is 0. The third-order valence-corrected chi connectivity index (χ3v) is 5.11. The van der Waals surface area contributed by atoms with Crippen molar-refractivity contribution in [3.8, 4) is 11.5 Å². The number of para-hydroxylation sites is 2. The summed E-state index contributed by atoms with van der Waals surface area (Å²) in [6.07, 6.45) is 1.46. The number of hydrogen-bond donors (Lipinski definition) is 1. The van der Waals surface area contributed by atoms with Crippen LogP contribution in [0.3, 0.4) is 0 Å². The lowest BCUT2D eigenvalue weighted by atomic mass is 9.92. The molecule has 0 radical (unpaired) electrons. The topological polar surface area (TPSA) is 67.9 Å². The van der Waals surface area contributed by atoms with E-state index < -0.39 is 11.4 Å². The van der Waals surface area contributed by atoms with Gasteiger partial charge in [-0.3, -0.25) is 9.59 Å². The van der Waals surface area contributed by atoms with Crippen LogP contribution in [0.1, 0.15) is 23.2 Å². The maximum Gasteiger partial charge on any atom is 0.260 e. The van der Waals surface area contributed by atoms with Crippen LogP contribution in [-0.2, 0) is 4.79 Å². The highest BCUT2D eigenvalue weighted by Crippen LogP contribution is 2.32. The van der Waals surface area contributed by atoms with E-state index in [0.29, 0.717) is 30.9 Å². The van der Waals surface area contributed by atoms with Crippen molar-refractivity contribution < 1.29 is 23.5 Å². The largest absolute Gasteiger partial charge is 0.483 e. The maximum absolute atomic E-state index is 13.7. The fourth-order valence-electron chi connectivity index (χ4n) is 3.68. The molecule has 1 spiro atoms. The number of hydrogen-bond acceptors (Lipinski definition) is 4. The summed E-state index contributed by atoms with van der Waals surface area (Å²) in [7, 11) is 0. The van der Waals surface area contributed by atoms with Crippen LogP contribution in [0, 0.1) is 5.82 Å². The molecule has 2 aliphatic heterocycles. The molecule has 146 valence electrons. The molecule has 1 N–H and O–H groups in total. The van der Waals surface area contributed by atoms with Crippen LogP contribution in [0.25, 0.3) is 0 Å². The van der Waals surface area contributed by atoms with Crippen molar-refractivity contribution in [3.63, 3.8) is 0 Å². The number of rotatable bonds is 3. The van der Waals surface area contributed by atoms with E-state index in [1.54, 1.807) is 35.2 Å². The van der Waals surface area contributed by atoms with Crippen LogP contribution in [0.5, 0.6) is 11.5 Å². The van der Waals surface area contributed by atoms with E-state index in [2.05, 4.69) is 5.32 Å². The molecule has 7 heteroatoms. The zero-order chi connectivity index (χ0) is 19.6. The number of benzene rings is 2. The Bertz CT molecular complexity index is 903. The van der Waals surface area contributed by atoms with Gasteiger partial charge in [0.05, 0.1) is 18.7 Å². The Balaban J connectivity index is 1.46. The normalized spacial score (nSPS) is 21.3. The molecule has 0 aliphatic carbocycles. The van der Waals surface area contributed by atoms with E-state index in [0.717, 1.165) is 12.8 Å². The van der Waals surface area contributed by atoms with Gasteiger partial charge in [0.25, 0.3) is 11.8 Å². The molecule has 1 fully saturated rings. The highest BCUT2D eigenvalue weighted by Gasteiger charge is 2.42. The number of carbonyl (C=O) groups excluding carboxylic acids is 2. The fraction of sp³-hybridized carbons (Fsp3) is 0.333. The van der Waals surface area contributed by atoms with Crippen molar-refractivity contribution in [3.05, 3.63) is 59.9 Å². The number of amides is 2. The summed E-state index contributed by atoms with van der Waals surface area (Å²) in [5.74, 6) is -0.352. The molecule has 2 aromatic rings. The van der Waals surface area contributed by atoms with Gasteiger partial charge in [-0.15, -0.1) is 0 Å². The highest BCUT2D eigenvalue weighted by atomic mass is 19.1. The third kappa shape index (κ3) is 3.65. The molecule has 2 heterocycles. The van der Waals surface area contributed by atoms with E-state index in [1.807, 2.05) is 6.07 Å². The van der Waals surface area contributed by atoms with E-state index in [-0.39, 0.29) is 24.2 Å².